The lowest BCUT2D eigenvalue weighted by molar-refractivity contribution is -0.124. The van der Waals surface area contributed by atoms with Crippen molar-refractivity contribution in [2.75, 3.05) is 11.4 Å². The van der Waals surface area contributed by atoms with Gasteiger partial charge in [-0.05, 0) is 54.4 Å². The third kappa shape index (κ3) is 3.72. The summed E-state index contributed by atoms with van der Waals surface area (Å²) in [6.07, 6.45) is 6.03. The summed E-state index contributed by atoms with van der Waals surface area (Å²) in [6.45, 7) is 0.150. The second kappa shape index (κ2) is 8.39. The molecule has 40 heavy (non-hydrogen) atoms. The van der Waals surface area contributed by atoms with Gasteiger partial charge in [0.25, 0.3) is 11.5 Å². The molecule has 2 atom stereocenters. The molecule has 3 aromatic heterocycles. The Morgan fingerprint density at radius 2 is 1.90 bits per heavy atom. The van der Waals surface area contributed by atoms with E-state index in [2.05, 4.69) is 20.1 Å². The van der Waals surface area contributed by atoms with Crippen LogP contribution in [0, 0.1) is 5.95 Å². The van der Waals surface area contributed by atoms with Gasteiger partial charge in [0.05, 0.1) is 29.4 Å². The van der Waals surface area contributed by atoms with Crippen LogP contribution in [0.5, 0.6) is 0 Å². The van der Waals surface area contributed by atoms with E-state index >= 15 is 0 Å². The predicted octanol–water partition coefficient (Wildman–Crippen LogP) is 4.00. The zero-order chi connectivity index (χ0) is 28.0. The third-order valence-electron chi connectivity index (χ3n) is 8.54. The molecular formula is C28H25F3N6O3. The average molecular weight is 551 g/mol. The van der Waals surface area contributed by atoms with Gasteiger partial charge in [0, 0.05) is 24.4 Å². The number of carbonyl (C=O) groups is 1. The molecule has 1 aromatic carbocycles. The minimum Gasteiger partial charge on any atom is -0.313 e. The number of fused-ring (bicyclic) bond motifs is 3. The Bertz CT molecular complexity index is 1810. The number of rotatable bonds is 5. The van der Waals surface area contributed by atoms with E-state index in [4.69, 9.17) is 0 Å². The van der Waals surface area contributed by atoms with Crippen molar-refractivity contribution in [2.24, 2.45) is 0 Å². The number of alkyl halides is 2. The van der Waals surface area contributed by atoms with Crippen molar-refractivity contribution in [1.29, 1.82) is 0 Å². The molecule has 4 heterocycles. The number of aromatic amines is 2. The fourth-order valence-electron chi connectivity index (χ4n) is 6.66. The van der Waals surface area contributed by atoms with Crippen LogP contribution in [0.4, 0.5) is 18.9 Å². The van der Waals surface area contributed by atoms with Gasteiger partial charge in [0.15, 0.2) is 5.65 Å². The Morgan fingerprint density at radius 1 is 1.12 bits per heavy atom. The quantitative estimate of drug-likeness (QED) is 0.390. The molecule has 0 unspecified atom stereocenters. The van der Waals surface area contributed by atoms with Gasteiger partial charge >= 0.3 is 5.69 Å². The first-order valence-corrected chi connectivity index (χ1v) is 13.3. The first-order valence-electron chi connectivity index (χ1n) is 13.3. The van der Waals surface area contributed by atoms with Crippen LogP contribution in [0.3, 0.4) is 0 Å². The molecule has 7 rings (SSSR count). The van der Waals surface area contributed by atoms with Gasteiger partial charge in [-0.2, -0.15) is 14.0 Å². The molecule has 12 heteroatoms. The first kappa shape index (κ1) is 24.8. The van der Waals surface area contributed by atoms with Crippen LogP contribution in [0.1, 0.15) is 67.6 Å². The number of hydrogen-bond acceptors (Lipinski definition) is 5. The highest BCUT2D eigenvalue weighted by atomic mass is 19.3. The molecule has 1 spiro atoms. The Balaban J connectivity index is 1.29. The van der Waals surface area contributed by atoms with Crippen molar-refractivity contribution >= 4 is 17.2 Å². The smallest absolute Gasteiger partial charge is 0.313 e. The van der Waals surface area contributed by atoms with Crippen LogP contribution in [-0.2, 0) is 10.2 Å². The van der Waals surface area contributed by atoms with E-state index in [1.165, 1.54) is 11.1 Å². The molecular weight excluding hydrogens is 525 g/mol. The highest BCUT2D eigenvalue weighted by Crippen LogP contribution is 2.58. The molecule has 2 aliphatic carbocycles. The standard InChI is InChI=1S/C28H25F3N6O3/c1-27(30,31)13-36-21-8-14(4-5-19(21)28(25(36)39)6-2-3-7-28)15-9-16(15)17-10-20(18-11-33-26(40)34-24(18)38)35-37-22(29)12-32-23(17)37/h4-5,8,10-12,15-16H,2-3,6-7,9,13H2,1H3,(H2,33,34,38,40)/t15-,16+/m1/s1. The van der Waals surface area contributed by atoms with Crippen molar-refractivity contribution in [3.8, 4) is 11.3 Å². The topological polar surface area (TPSA) is 116 Å². The molecule has 9 nitrogen and oxygen atoms in total. The molecule has 0 radical (unpaired) electrons. The van der Waals surface area contributed by atoms with E-state index < -0.39 is 35.1 Å². The van der Waals surface area contributed by atoms with Crippen LogP contribution in [-0.4, -0.2) is 42.9 Å². The monoisotopic (exact) mass is 550 g/mol. The second-order valence-corrected chi connectivity index (χ2v) is 11.3. The summed E-state index contributed by atoms with van der Waals surface area (Å²) in [6, 6.07) is 7.40. The van der Waals surface area contributed by atoms with Gasteiger partial charge in [-0.25, -0.2) is 18.6 Å². The zero-order valence-electron chi connectivity index (χ0n) is 21.5. The van der Waals surface area contributed by atoms with E-state index in [0.29, 0.717) is 36.2 Å². The van der Waals surface area contributed by atoms with Crippen LogP contribution in [0.15, 0.2) is 46.2 Å². The molecule has 1 amide bonds. The Labute approximate surface area is 225 Å². The summed E-state index contributed by atoms with van der Waals surface area (Å²) in [5, 5.41) is 4.23. The van der Waals surface area contributed by atoms with Gasteiger partial charge in [0.2, 0.25) is 11.9 Å². The molecule has 206 valence electrons. The number of benzene rings is 1. The molecule has 2 saturated carbocycles. The lowest BCUT2D eigenvalue weighted by Crippen LogP contribution is -2.43. The summed E-state index contributed by atoms with van der Waals surface area (Å²) in [5.74, 6) is -4.13. The molecule has 4 aromatic rings. The number of amides is 1. The van der Waals surface area contributed by atoms with Crippen LogP contribution < -0.4 is 16.1 Å². The fraction of sp³-hybridized carbons (Fsp3) is 0.393. The van der Waals surface area contributed by atoms with Crippen molar-refractivity contribution in [2.45, 2.75) is 62.2 Å². The Kier molecular flexibility index (Phi) is 5.20. The minimum absolute atomic E-state index is 0.0304. The summed E-state index contributed by atoms with van der Waals surface area (Å²) in [4.78, 5) is 47.4. The predicted molar refractivity (Wildman–Crippen MR) is 139 cm³/mol. The maximum atomic E-state index is 14.6. The largest absolute Gasteiger partial charge is 0.325 e. The van der Waals surface area contributed by atoms with Gasteiger partial charge < -0.3 is 9.88 Å². The maximum absolute atomic E-state index is 14.6. The number of nitrogens with one attached hydrogen (secondary N) is 2. The third-order valence-corrected chi connectivity index (χ3v) is 8.54. The van der Waals surface area contributed by atoms with E-state index in [-0.39, 0.29) is 29.0 Å². The lowest BCUT2D eigenvalue weighted by atomic mass is 9.79. The average Bonchev–Trinajstić information content (AvgIpc) is 3.29. The van der Waals surface area contributed by atoms with Crippen LogP contribution in [0.2, 0.25) is 0 Å². The van der Waals surface area contributed by atoms with Gasteiger partial charge in [-0.15, -0.1) is 0 Å². The summed E-state index contributed by atoms with van der Waals surface area (Å²) in [5.41, 5.74) is 1.41. The van der Waals surface area contributed by atoms with Crippen molar-refractivity contribution in [3.05, 3.63) is 80.1 Å². The van der Waals surface area contributed by atoms with E-state index in [1.54, 1.807) is 6.07 Å². The Morgan fingerprint density at radius 3 is 2.62 bits per heavy atom. The van der Waals surface area contributed by atoms with E-state index in [1.807, 2.05) is 18.2 Å². The number of hydrogen-bond donors (Lipinski definition) is 2. The number of carbonyl (C=O) groups excluding carboxylic acids is 1. The van der Waals surface area contributed by atoms with Gasteiger partial charge in [-0.1, -0.05) is 25.0 Å². The summed E-state index contributed by atoms with van der Waals surface area (Å²) < 4.78 is 44.0. The SMILES string of the molecule is CC(F)(F)CN1C(=O)C2(CCCC2)c2ccc([C@H]3C[C@@H]3c3cc(-c4c[nH]c(=O)[nH]c4=O)nn4c(F)cnc34)cc21. The van der Waals surface area contributed by atoms with Crippen molar-refractivity contribution in [3.63, 3.8) is 0 Å². The van der Waals surface area contributed by atoms with Crippen LogP contribution >= 0.6 is 0 Å². The number of nitrogens with zero attached hydrogens (tertiary/aromatic N) is 4. The zero-order valence-corrected chi connectivity index (χ0v) is 21.5. The number of imidazole rings is 1. The summed E-state index contributed by atoms with van der Waals surface area (Å²) >= 11 is 0. The van der Waals surface area contributed by atoms with Crippen molar-refractivity contribution < 1.29 is 18.0 Å². The Hall–Kier alpha value is -4.22. The normalized spacial score (nSPS) is 21.5. The number of aromatic nitrogens is 5. The lowest BCUT2D eigenvalue weighted by Gasteiger charge is -2.25. The number of anilines is 1. The van der Waals surface area contributed by atoms with Gasteiger partial charge in [0.1, 0.15) is 0 Å². The first-order chi connectivity index (χ1) is 19.1. The highest BCUT2D eigenvalue weighted by Gasteiger charge is 2.54. The minimum atomic E-state index is -3.04. The number of H-pyrrole nitrogens is 2. The van der Waals surface area contributed by atoms with E-state index in [9.17, 15) is 27.6 Å². The molecule has 0 bridgehead atoms. The molecule has 2 fully saturated rings. The highest BCUT2D eigenvalue weighted by molar-refractivity contribution is 6.08. The molecule has 0 saturated heterocycles. The van der Waals surface area contributed by atoms with Crippen molar-refractivity contribution in [1.82, 2.24) is 24.6 Å². The molecule has 1 aliphatic heterocycles. The second-order valence-electron chi connectivity index (χ2n) is 11.3. The number of halogens is 3. The summed E-state index contributed by atoms with van der Waals surface area (Å²) in [7, 11) is 0. The maximum Gasteiger partial charge on any atom is 0.325 e. The van der Waals surface area contributed by atoms with Gasteiger partial charge in [-0.3, -0.25) is 14.6 Å². The molecule has 2 N–H and O–H groups in total. The van der Waals surface area contributed by atoms with Crippen LogP contribution in [0.25, 0.3) is 16.9 Å². The fourth-order valence-corrected chi connectivity index (χ4v) is 6.66. The van der Waals surface area contributed by atoms with E-state index in [0.717, 1.165) is 41.6 Å². The molecule has 3 aliphatic rings.